The monoisotopic (exact) mass is 247 g/mol. The normalized spacial score (nSPS) is 21.5. The van der Waals surface area contributed by atoms with E-state index in [1.807, 2.05) is 31.2 Å². The number of rotatable bonds is 2. The third-order valence-corrected chi connectivity index (χ3v) is 3.31. The van der Waals surface area contributed by atoms with E-state index in [4.69, 9.17) is 4.74 Å². The van der Waals surface area contributed by atoms with E-state index >= 15 is 0 Å². The van der Waals surface area contributed by atoms with E-state index in [0.717, 1.165) is 11.3 Å². The molecule has 0 radical (unpaired) electrons. The van der Waals surface area contributed by atoms with Gasteiger partial charge in [0.05, 0.1) is 12.3 Å². The Morgan fingerprint density at radius 3 is 2.61 bits per heavy atom. The molecular formula is C14H17NO3. The van der Waals surface area contributed by atoms with Crippen LogP contribution in [0.4, 0.5) is 5.69 Å². The molecule has 1 N–H and O–H groups in total. The Kier molecular flexibility index (Phi) is 3.11. The van der Waals surface area contributed by atoms with Crippen molar-refractivity contribution in [1.29, 1.82) is 0 Å². The molecule has 0 saturated carbocycles. The average molecular weight is 247 g/mol. The Balaban J connectivity index is 2.14. The van der Waals surface area contributed by atoms with Crippen LogP contribution < -0.4 is 5.32 Å². The van der Waals surface area contributed by atoms with Crippen LogP contribution in [-0.2, 0) is 14.3 Å². The molecule has 1 aromatic carbocycles. The zero-order chi connectivity index (χ0) is 13.3. The number of nitrogens with one attached hydrogen (secondary N) is 1. The fourth-order valence-electron chi connectivity index (χ4n) is 2.16. The number of hydrogen-bond acceptors (Lipinski definition) is 3. The molecule has 1 amide bonds. The van der Waals surface area contributed by atoms with Gasteiger partial charge in [0, 0.05) is 5.69 Å². The lowest BCUT2D eigenvalue weighted by atomic mass is 9.90. The zero-order valence-corrected chi connectivity index (χ0v) is 10.8. The molecule has 2 rings (SSSR count). The van der Waals surface area contributed by atoms with Crippen molar-refractivity contribution >= 4 is 17.6 Å². The van der Waals surface area contributed by atoms with Crippen LogP contribution in [0.1, 0.15) is 25.8 Å². The largest absolute Gasteiger partial charge is 0.459 e. The summed E-state index contributed by atoms with van der Waals surface area (Å²) in [7, 11) is 0. The molecule has 1 unspecified atom stereocenters. The van der Waals surface area contributed by atoms with Gasteiger partial charge in [0.1, 0.15) is 5.60 Å². The highest BCUT2D eigenvalue weighted by Crippen LogP contribution is 2.33. The first kappa shape index (κ1) is 12.6. The van der Waals surface area contributed by atoms with Gasteiger partial charge in [-0.05, 0) is 32.4 Å². The molecule has 1 saturated heterocycles. The predicted octanol–water partition coefficient (Wildman–Crippen LogP) is 2.28. The van der Waals surface area contributed by atoms with Gasteiger partial charge in [-0.25, -0.2) is 0 Å². The van der Waals surface area contributed by atoms with E-state index < -0.39 is 11.5 Å². The predicted molar refractivity (Wildman–Crippen MR) is 68.1 cm³/mol. The van der Waals surface area contributed by atoms with Crippen LogP contribution in [0, 0.1) is 12.8 Å². The molecule has 1 heterocycles. The first-order valence-corrected chi connectivity index (χ1v) is 5.98. The van der Waals surface area contributed by atoms with Crippen molar-refractivity contribution in [2.45, 2.75) is 32.8 Å². The molecule has 0 aromatic heterocycles. The second kappa shape index (κ2) is 4.44. The topological polar surface area (TPSA) is 55.4 Å². The molecule has 18 heavy (non-hydrogen) atoms. The van der Waals surface area contributed by atoms with Crippen molar-refractivity contribution in [3.05, 3.63) is 29.8 Å². The van der Waals surface area contributed by atoms with Crippen molar-refractivity contribution in [3.63, 3.8) is 0 Å². The van der Waals surface area contributed by atoms with Gasteiger partial charge in [-0.1, -0.05) is 18.2 Å². The minimum absolute atomic E-state index is 0.144. The second-order valence-corrected chi connectivity index (χ2v) is 5.14. The Hall–Kier alpha value is -1.84. The van der Waals surface area contributed by atoms with Crippen molar-refractivity contribution in [2.24, 2.45) is 5.92 Å². The second-order valence-electron chi connectivity index (χ2n) is 5.14. The maximum absolute atomic E-state index is 12.2. The molecule has 0 aliphatic carbocycles. The highest BCUT2D eigenvalue weighted by atomic mass is 16.6. The van der Waals surface area contributed by atoms with Crippen molar-refractivity contribution in [1.82, 2.24) is 0 Å². The van der Waals surface area contributed by atoms with E-state index in [-0.39, 0.29) is 18.3 Å². The Morgan fingerprint density at radius 1 is 1.39 bits per heavy atom. The van der Waals surface area contributed by atoms with Gasteiger partial charge in [-0.3, -0.25) is 9.59 Å². The summed E-state index contributed by atoms with van der Waals surface area (Å²) < 4.78 is 5.15. The number of anilines is 1. The van der Waals surface area contributed by atoms with E-state index in [1.54, 1.807) is 13.8 Å². The van der Waals surface area contributed by atoms with E-state index in [0.29, 0.717) is 0 Å². The summed E-state index contributed by atoms with van der Waals surface area (Å²) in [4.78, 5) is 23.5. The van der Waals surface area contributed by atoms with Crippen molar-refractivity contribution in [2.75, 3.05) is 5.32 Å². The highest BCUT2D eigenvalue weighted by Gasteiger charge is 2.46. The van der Waals surface area contributed by atoms with Gasteiger partial charge in [0.2, 0.25) is 5.91 Å². The molecule has 1 aliphatic rings. The smallest absolute Gasteiger partial charge is 0.307 e. The van der Waals surface area contributed by atoms with Crippen LogP contribution in [0.5, 0.6) is 0 Å². The molecule has 1 fully saturated rings. The maximum atomic E-state index is 12.2. The summed E-state index contributed by atoms with van der Waals surface area (Å²) >= 11 is 0. The number of ether oxygens (including phenoxy) is 1. The summed E-state index contributed by atoms with van der Waals surface area (Å²) in [5, 5.41) is 2.86. The van der Waals surface area contributed by atoms with Crippen LogP contribution in [0.25, 0.3) is 0 Å². The SMILES string of the molecule is Cc1ccccc1NC(=O)C1CC(=O)OC1(C)C. The standard InChI is InChI=1S/C14H17NO3/c1-9-6-4-5-7-11(9)15-13(17)10-8-12(16)18-14(10,2)3/h4-7,10H,8H2,1-3H3,(H,15,17). The molecule has 1 aromatic rings. The first-order valence-electron chi connectivity index (χ1n) is 5.98. The number of esters is 1. The minimum atomic E-state index is -0.732. The summed E-state index contributed by atoms with van der Waals surface area (Å²) in [5.74, 6) is -0.922. The van der Waals surface area contributed by atoms with Crippen molar-refractivity contribution < 1.29 is 14.3 Å². The van der Waals surface area contributed by atoms with Crippen LogP contribution in [-0.4, -0.2) is 17.5 Å². The van der Waals surface area contributed by atoms with E-state index in [1.165, 1.54) is 0 Å². The number of carbonyl (C=O) groups is 2. The number of para-hydroxylation sites is 1. The quantitative estimate of drug-likeness (QED) is 0.816. The number of benzene rings is 1. The van der Waals surface area contributed by atoms with Gasteiger partial charge >= 0.3 is 5.97 Å². The third-order valence-electron chi connectivity index (χ3n) is 3.31. The Morgan fingerprint density at radius 2 is 2.06 bits per heavy atom. The van der Waals surface area contributed by atoms with Gasteiger partial charge in [-0.2, -0.15) is 0 Å². The molecule has 0 bridgehead atoms. The van der Waals surface area contributed by atoms with Crippen LogP contribution >= 0.6 is 0 Å². The van der Waals surface area contributed by atoms with E-state index in [9.17, 15) is 9.59 Å². The lowest BCUT2D eigenvalue weighted by Gasteiger charge is -2.24. The van der Waals surface area contributed by atoms with Crippen molar-refractivity contribution in [3.8, 4) is 0 Å². The number of cyclic esters (lactones) is 1. The van der Waals surface area contributed by atoms with Gasteiger partial charge < -0.3 is 10.1 Å². The lowest BCUT2D eigenvalue weighted by molar-refractivity contribution is -0.147. The van der Waals surface area contributed by atoms with Gasteiger partial charge in [-0.15, -0.1) is 0 Å². The maximum Gasteiger partial charge on any atom is 0.307 e. The summed E-state index contributed by atoms with van der Waals surface area (Å²) in [6.07, 6.45) is 0.144. The Labute approximate surface area is 106 Å². The van der Waals surface area contributed by atoms with Gasteiger partial charge in [0.15, 0.2) is 0 Å². The number of carbonyl (C=O) groups excluding carboxylic acids is 2. The fraction of sp³-hybridized carbons (Fsp3) is 0.429. The summed E-state index contributed by atoms with van der Waals surface area (Å²) in [5.41, 5.74) is 1.04. The fourth-order valence-corrected chi connectivity index (χ4v) is 2.16. The molecule has 4 nitrogen and oxygen atoms in total. The first-order chi connectivity index (χ1) is 8.40. The van der Waals surface area contributed by atoms with E-state index in [2.05, 4.69) is 5.32 Å². The molecule has 96 valence electrons. The molecule has 0 spiro atoms. The zero-order valence-electron chi connectivity index (χ0n) is 10.8. The van der Waals surface area contributed by atoms with Crippen LogP contribution in [0.2, 0.25) is 0 Å². The number of hydrogen-bond donors (Lipinski definition) is 1. The number of aryl methyl sites for hydroxylation is 1. The summed E-state index contributed by atoms with van der Waals surface area (Å²) in [6, 6.07) is 7.55. The lowest BCUT2D eigenvalue weighted by Crippen LogP contribution is -2.36. The van der Waals surface area contributed by atoms with Crippen LogP contribution in [0.15, 0.2) is 24.3 Å². The average Bonchev–Trinajstić information content (AvgIpc) is 2.55. The molecule has 4 heteroatoms. The third kappa shape index (κ3) is 2.37. The molecule has 1 atom stereocenters. The molecule has 1 aliphatic heterocycles. The molecular weight excluding hydrogens is 230 g/mol. The Bertz CT molecular complexity index is 494. The minimum Gasteiger partial charge on any atom is -0.459 e. The van der Waals surface area contributed by atoms with Gasteiger partial charge in [0.25, 0.3) is 0 Å². The number of amides is 1. The summed E-state index contributed by atoms with van der Waals surface area (Å²) in [6.45, 7) is 5.46. The van der Waals surface area contributed by atoms with Crippen LogP contribution in [0.3, 0.4) is 0 Å². The highest BCUT2D eigenvalue weighted by molar-refractivity contribution is 5.97.